The molecule has 0 aliphatic carbocycles. The Kier molecular flexibility index (Phi) is 5.15. The zero-order valence-electron chi connectivity index (χ0n) is 16.1. The molecule has 3 aromatic heterocycles. The van der Waals surface area contributed by atoms with E-state index in [0.29, 0.717) is 11.2 Å². The molecule has 0 atom stereocenters. The maximum absolute atomic E-state index is 13.0. The van der Waals surface area contributed by atoms with E-state index in [1.807, 2.05) is 54.8 Å². The van der Waals surface area contributed by atoms with Crippen molar-refractivity contribution in [3.63, 3.8) is 0 Å². The van der Waals surface area contributed by atoms with E-state index in [4.69, 9.17) is 0 Å². The summed E-state index contributed by atoms with van der Waals surface area (Å²) in [5, 5.41) is 8.04. The summed E-state index contributed by atoms with van der Waals surface area (Å²) in [6.07, 6.45) is -3.52. The second kappa shape index (κ2) is 7.64. The van der Waals surface area contributed by atoms with Gasteiger partial charge >= 0.3 is 6.18 Å². The fourth-order valence-corrected chi connectivity index (χ4v) is 4.16. The van der Waals surface area contributed by atoms with Crippen LogP contribution in [0.25, 0.3) is 11.3 Å². The van der Waals surface area contributed by atoms with Crippen LogP contribution >= 0.6 is 11.8 Å². The lowest BCUT2D eigenvalue weighted by Gasteiger charge is -2.09. The summed E-state index contributed by atoms with van der Waals surface area (Å²) >= 11 is 1.06. The van der Waals surface area contributed by atoms with E-state index in [-0.39, 0.29) is 16.7 Å². The normalized spacial score (nSPS) is 11.9. The van der Waals surface area contributed by atoms with Crippen LogP contribution in [-0.4, -0.2) is 30.7 Å². The lowest BCUT2D eigenvalue weighted by molar-refractivity contribution is -0.137. The first-order chi connectivity index (χ1) is 14.3. The van der Waals surface area contributed by atoms with Crippen molar-refractivity contribution >= 4 is 23.2 Å². The van der Waals surface area contributed by atoms with E-state index >= 15 is 0 Å². The fourth-order valence-electron chi connectivity index (χ4n) is 3.36. The number of aromatic nitrogens is 4. The van der Waals surface area contributed by atoms with Crippen molar-refractivity contribution in [1.29, 1.82) is 0 Å². The summed E-state index contributed by atoms with van der Waals surface area (Å²) in [4.78, 5) is 12.8. The Balaban J connectivity index is 1.57. The summed E-state index contributed by atoms with van der Waals surface area (Å²) in [6.45, 7) is 3.80. The molecule has 0 N–H and O–H groups in total. The third-order valence-corrected chi connectivity index (χ3v) is 5.72. The first-order valence-corrected chi connectivity index (χ1v) is 10.1. The van der Waals surface area contributed by atoms with Gasteiger partial charge in [0.05, 0.1) is 11.3 Å². The Morgan fingerprint density at radius 2 is 1.80 bits per heavy atom. The molecule has 0 aliphatic rings. The molecule has 0 bridgehead atoms. The Bertz CT molecular complexity index is 1230. The van der Waals surface area contributed by atoms with Gasteiger partial charge in [-0.2, -0.15) is 13.2 Å². The number of nitrogens with zero attached hydrogens (tertiary/aromatic N) is 4. The van der Waals surface area contributed by atoms with Gasteiger partial charge in [-0.25, -0.2) is 0 Å². The first kappa shape index (κ1) is 20.2. The minimum absolute atomic E-state index is 0.0378. The van der Waals surface area contributed by atoms with E-state index in [1.54, 1.807) is 0 Å². The molecule has 0 saturated carbocycles. The Hall–Kier alpha value is -3.07. The van der Waals surface area contributed by atoms with E-state index in [2.05, 4.69) is 10.2 Å². The fraction of sp³-hybridized carbons (Fsp3) is 0.190. The zero-order valence-corrected chi connectivity index (χ0v) is 17.0. The number of fused-ring (bicyclic) bond motifs is 1. The highest BCUT2D eigenvalue weighted by molar-refractivity contribution is 7.99. The molecule has 0 radical (unpaired) electrons. The quantitative estimate of drug-likeness (QED) is 0.325. The predicted octanol–water partition coefficient (Wildman–Crippen LogP) is 5.13. The van der Waals surface area contributed by atoms with Gasteiger partial charge in [0.15, 0.2) is 16.6 Å². The highest BCUT2D eigenvalue weighted by Gasteiger charge is 2.31. The second-order valence-electron chi connectivity index (χ2n) is 6.79. The molecular weight excluding hydrogens is 413 g/mol. The largest absolute Gasteiger partial charge is 0.417 e. The number of hydrogen-bond acceptors (Lipinski definition) is 4. The van der Waals surface area contributed by atoms with Gasteiger partial charge in [-0.3, -0.25) is 9.20 Å². The van der Waals surface area contributed by atoms with E-state index in [0.717, 1.165) is 41.1 Å². The van der Waals surface area contributed by atoms with Crippen molar-refractivity contribution in [3.05, 3.63) is 77.2 Å². The summed E-state index contributed by atoms with van der Waals surface area (Å²) < 4.78 is 42.2. The number of para-hydroxylation sites is 1. The monoisotopic (exact) mass is 430 g/mol. The van der Waals surface area contributed by atoms with Crippen molar-refractivity contribution in [1.82, 2.24) is 19.2 Å². The van der Waals surface area contributed by atoms with Crippen molar-refractivity contribution in [2.24, 2.45) is 0 Å². The summed E-state index contributed by atoms with van der Waals surface area (Å²) in [6, 6.07) is 13.8. The Morgan fingerprint density at radius 1 is 1.07 bits per heavy atom. The molecule has 4 rings (SSSR count). The minimum atomic E-state index is -4.47. The molecule has 154 valence electrons. The molecule has 9 heteroatoms. The van der Waals surface area contributed by atoms with Crippen LogP contribution < -0.4 is 0 Å². The van der Waals surface area contributed by atoms with Crippen molar-refractivity contribution in [2.45, 2.75) is 25.2 Å². The van der Waals surface area contributed by atoms with E-state index in [1.165, 1.54) is 10.5 Å². The number of halogens is 3. The van der Waals surface area contributed by atoms with E-state index < -0.39 is 11.7 Å². The van der Waals surface area contributed by atoms with Crippen LogP contribution in [0.2, 0.25) is 0 Å². The average molecular weight is 430 g/mol. The standard InChI is InChI=1S/C21H17F3N4OS/c1-13-10-17(14(2)28(13)16-6-4-3-5-7-16)18(29)12-30-20-26-25-19-9-8-15(11-27(19)20)21(22,23)24/h3-11H,12H2,1-2H3. The zero-order chi connectivity index (χ0) is 21.5. The summed E-state index contributed by atoms with van der Waals surface area (Å²) in [5.74, 6) is -0.0881. The van der Waals surface area contributed by atoms with Crippen LogP contribution in [0.15, 0.2) is 59.9 Å². The van der Waals surface area contributed by atoms with Crippen molar-refractivity contribution in [2.75, 3.05) is 5.75 Å². The molecule has 3 heterocycles. The van der Waals surface area contributed by atoms with Gasteiger partial charge in [-0.05, 0) is 44.2 Å². The summed E-state index contributed by atoms with van der Waals surface area (Å²) in [5.41, 5.74) is 2.77. The number of benzene rings is 1. The van der Waals surface area contributed by atoms with Crippen LogP contribution in [-0.2, 0) is 6.18 Å². The Labute approximate surface area is 174 Å². The second-order valence-corrected chi connectivity index (χ2v) is 7.74. The third kappa shape index (κ3) is 3.72. The minimum Gasteiger partial charge on any atom is -0.318 e. The molecule has 0 fully saturated rings. The van der Waals surface area contributed by atoms with Crippen LogP contribution in [0.1, 0.15) is 27.3 Å². The number of thioether (sulfide) groups is 1. The first-order valence-electron chi connectivity index (χ1n) is 9.08. The van der Waals surface area contributed by atoms with Gasteiger partial charge in [0.25, 0.3) is 0 Å². The molecule has 0 aliphatic heterocycles. The maximum Gasteiger partial charge on any atom is 0.417 e. The van der Waals surface area contributed by atoms with Gasteiger partial charge in [0.1, 0.15) is 0 Å². The molecule has 30 heavy (non-hydrogen) atoms. The van der Waals surface area contributed by atoms with Gasteiger partial charge < -0.3 is 4.57 Å². The number of carbonyl (C=O) groups is 1. The van der Waals surface area contributed by atoms with Gasteiger partial charge in [0, 0.05) is 28.8 Å². The van der Waals surface area contributed by atoms with Crippen LogP contribution in [0.3, 0.4) is 0 Å². The topological polar surface area (TPSA) is 52.2 Å². The number of alkyl halides is 3. The molecule has 0 unspecified atom stereocenters. The van der Waals surface area contributed by atoms with Gasteiger partial charge in [-0.1, -0.05) is 30.0 Å². The molecule has 0 amide bonds. The smallest absolute Gasteiger partial charge is 0.318 e. The van der Waals surface area contributed by atoms with Gasteiger partial charge in [0.2, 0.25) is 0 Å². The van der Waals surface area contributed by atoms with Crippen LogP contribution in [0, 0.1) is 13.8 Å². The highest BCUT2D eigenvalue weighted by Crippen LogP contribution is 2.30. The van der Waals surface area contributed by atoms with Gasteiger partial charge in [-0.15, -0.1) is 10.2 Å². The SMILES string of the molecule is Cc1cc(C(=O)CSc2nnc3ccc(C(F)(F)F)cn23)c(C)n1-c1ccccc1. The Morgan fingerprint density at radius 3 is 2.50 bits per heavy atom. The highest BCUT2D eigenvalue weighted by atomic mass is 32.2. The number of aryl methyl sites for hydroxylation is 1. The predicted molar refractivity (Wildman–Crippen MR) is 108 cm³/mol. The van der Waals surface area contributed by atoms with Crippen LogP contribution in [0.5, 0.6) is 0 Å². The van der Waals surface area contributed by atoms with E-state index in [9.17, 15) is 18.0 Å². The number of pyridine rings is 1. The average Bonchev–Trinajstić information content (AvgIpc) is 3.26. The van der Waals surface area contributed by atoms with Crippen LogP contribution in [0.4, 0.5) is 13.2 Å². The lowest BCUT2D eigenvalue weighted by Crippen LogP contribution is -2.07. The maximum atomic E-state index is 13.0. The number of ketones is 1. The molecular formula is C21H17F3N4OS. The number of Topliss-reactive ketones (excluding diaryl/α,β-unsaturated/α-hetero) is 1. The lowest BCUT2D eigenvalue weighted by atomic mass is 10.2. The molecule has 5 nitrogen and oxygen atoms in total. The molecule has 4 aromatic rings. The molecule has 0 saturated heterocycles. The number of hydrogen-bond donors (Lipinski definition) is 0. The van der Waals surface area contributed by atoms with Crippen molar-refractivity contribution < 1.29 is 18.0 Å². The number of carbonyl (C=O) groups excluding carboxylic acids is 1. The molecule has 1 aromatic carbocycles. The third-order valence-electron chi connectivity index (χ3n) is 4.78. The number of rotatable bonds is 5. The van der Waals surface area contributed by atoms with Crippen molar-refractivity contribution in [3.8, 4) is 5.69 Å². The molecule has 0 spiro atoms. The summed E-state index contributed by atoms with van der Waals surface area (Å²) in [7, 11) is 0.